The molecule has 0 aromatic heterocycles. The topological polar surface area (TPSA) is 58.6 Å². The Kier molecular flexibility index (Phi) is 8.27. The number of hydrogen-bond acceptors (Lipinski definition) is 3. The maximum Gasteiger partial charge on any atom is 0.261 e. The van der Waals surface area contributed by atoms with Gasteiger partial charge >= 0.3 is 0 Å². The normalized spacial score (nSPS) is 14.7. The molecule has 1 aliphatic carbocycles. The molecule has 1 fully saturated rings. The fraction of sp³-hybridized carbons (Fsp3) is 0.333. The summed E-state index contributed by atoms with van der Waals surface area (Å²) >= 11 is 7.10. The van der Waals surface area contributed by atoms with Crippen LogP contribution in [0.1, 0.15) is 38.2 Å². The summed E-state index contributed by atoms with van der Waals surface area (Å²) in [5, 5.41) is 5.22. The van der Waals surface area contributed by atoms with E-state index in [1.165, 1.54) is 0 Å². The van der Waals surface area contributed by atoms with Crippen LogP contribution in [0.3, 0.4) is 0 Å². The maximum atomic E-state index is 13.4. The molecule has 7 heteroatoms. The molecule has 1 unspecified atom stereocenters. The molecule has 3 aromatic rings. The average Bonchev–Trinajstić information content (AvgIpc) is 3.35. The fourth-order valence-corrected chi connectivity index (χ4v) is 5.41. The van der Waals surface area contributed by atoms with E-state index in [-0.39, 0.29) is 24.5 Å². The molecule has 0 aliphatic heterocycles. The Morgan fingerprint density at radius 1 is 1.06 bits per heavy atom. The van der Waals surface area contributed by atoms with Gasteiger partial charge in [0.05, 0.1) is 4.47 Å². The van der Waals surface area contributed by atoms with Crippen molar-refractivity contribution in [2.75, 3.05) is 6.61 Å². The largest absolute Gasteiger partial charge is 0.483 e. The first kappa shape index (κ1) is 24.7. The van der Waals surface area contributed by atoms with Crippen LogP contribution in [-0.2, 0) is 16.1 Å². The number of fused-ring (bicyclic) bond motifs is 1. The number of hydrogen-bond donors (Lipinski definition) is 1. The summed E-state index contributed by atoms with van der Waals surface area (Å²) in [7, 11) is 0. The van der Waals surface area contributed by atoms with Crippen molar-refractivity contribution in [3.8, 4) is 5.75 Å². The minimum absolute atomic E-state index is 0.123. The van der Waals surface area contributed by atoms with Gasteiger partial charge in [0.15, 0.2) is 6.61 Å². The van der Waals surface area contributed by atoms with Crippen LogP contribution in [0.2, 0.25) is 0 Å². The van der Waals surface area contributed by atoms with Crippen LogP contribution in [0.25, 0.3) is 10.8 Å². The summed E-state index contributed by atoms with van der Waals surface area (Å²) in [5.41, 5.74) is 0.940. The number of carbonyl (C=O) groups is 2. The molecular formula is C27H28Br2N2O3. The molecule has 5 nitrogen and oxygen atoms in total. The molecule has 0 spiro atoms. The van der Waals surface area contributed by atoms with E-state index in [2.05, 4.69) is 37.2 Å². The number of rotatable bonds is 8. The lowest BCUT2D eigenvalue weighted by Gasteiger charge is -2.29. The van der Waals surface area contributed by atoms with Crippen LogP contribution in [0.15, 0.2) is 69.6 Å². The Morgan fingerprint density at radius 2 is 1.82 bits per heavy atom. The van der Waals surface area contributed by atoms with Crippen LogP contribution in [-0.4, -0.2) is 35.4 Å². The van der Waals surface area contributed by atoms with Crippen molar-refractivity contribution in [3.05, 3.63) is 75.2 Å². The molecule has 0 radical (unpaired) electrons. The van der Waals surface area contributed by atoms with Crippen molar-refractivity contribution >= 4 is 54.4 Å². The third-order valence-corrected chi connectivity index (χ3v) is 7.60. The molecule has 1 aliphatic rings. The Morgan fingerprint density at radius 3 is 2.59 bits per heavy atom. The lowest BCUT2D eigenvalue weighted by atomic mass is 10.1. The van der Waals surface area contributed by atoms with Gasteiger partial charge in [0.25, 0.3) is 5.91 Å². The highest BCUT2D eigenvalue weighted by molar-refractivity contribution is 9.11. The first-order valence-corrected chi connectivity index (χ1v) is 13.2. The molecular weight excluding hydrogens is 560 g/mol. The van der Waals surface area contributed by atoms with Gasteiger partial charge in [0.2, 0.25) is 5.91 Å². The third kappa shape index (κ3) is 5.99. The first-order chi connectivity index (χ1) is 16.4. The lowest BCUT2D eigenvalue weighted by Crippen LogP contribution is -2.50. The quantitative estimate of drug-likeness (QED) is 0.340. The summed E-state index contributed by atoms with van der Waals surface area (Å²) in [4.78, 5) is 28.0. The summed E-state index contributed by atoms with van der Waals surface area (Å²) in [6.07, 6.45) is 4.26. The van der Waals surface area contributed by atoms with Crippen molar-refractivity contribution < 1.29 is 14.3 Å². The summed E-state index contributed by atoms with van der Waals surface area (Å²) in [5.74, 6) is 0.230. The minimum atomic E-state index is -0.615. The molecule has 0 heterocycles. The number of halogens is 2. The highest BCUT2D eigenvalue weighted by Crippen LogP contribution is 2.33. The molecule has 4 rings (SSSR count). The number of nitrogens with one attached hydrogen (secondary N) is 1. The van der Waals surface area contributed by atoms with E-state index in [0.717, 1.165) is 51.0 Å². The van der Waals surface area contributed by atoms with Crippen molar-refractivity contribution in [3.63, 3.8) is 0 Å². The van der Waals surface area contributed by atoms with E-state index in [4.69, 9.17) is 4.74 Å². The van der Waals surface area contributed by atoms with Crippen molar-refractivity contribution in [2.24, 2.45) is 0 Å². The predicted octanol–water partition coefficient (Wildman–Crippen LogP) is 6.22. The van der Waals surface area contributed by atoms with Crippen LogP contribution < -0.4 is 10.1 Å². The fourth-order valence-electron chi connectivity index (χ4n) is 4.35. The van der Waals surface area contributed by atoms with Gasteiger partial charge in [0, 0.05) is 17.1 Å². The summed E-state index contributed by atoms with van der Waals surface area (Å²) < 4.78 is 7.67. The van der Waals surface area contributed by atoms with E-state index >= 15 is 0 Å². The summed E-state index contributed by atoms with van der Waals surface area (Å²) in [6, 6.07) is 19.2. The van der Waals surface area contributed by atoms with Crippen molar-refractivity contribution in [1.29, 1.82) is 0 Å². The van der Waals surface area contributed by atoms with Gasteiger partial charge < -0.3 is 15.0 Å². The third-order valence-electron chi connectivity index (χ3n) is 6.29. The Bertz CT molecular complexity index is 1180. The number of amides is 2. The Labute approximate surface area is 217 Å². The molecule has 2 amide bonds. The second-order valence-corrected chi connectivity index (χ2v) is 10.4. The maximum absolute atomic E-state index is 13.4. The summed E-state index contributed by atoms with van der Waals surface area (Å²) in [6.45, 7) is 1.94. The zero-order valence-corrected chi connectivity index (χ0v) is 22.3. The number of benzene rings is 3. The van der Waals surface area contributed by atoms with Gasteiger partial charge in [-0.3, -0.25) is 9.59 Å². The van der Waals surface area contributed by atoms with Crippen molar-refractivity contribution in [1.82, 2.24) is 10.2 Å². The molecule has 3 aromatic carbocycles. The molecule has 34 heavy (non-hydrogen) atoms. The number of ether oxygens (including phenoxy) is 1. The first-order valence-electron chi connectivity index (χ1n) is 11.6. The molecule has 1 saturated carbocycles. The van der Waals surface area contributed by atoms with E-state index in [9.17, 15) is 9.59 Å². The highest BCUT2D eigenvalue weighted by Gasteiger charge is 2.29. The molecule has 0 bridgehead atoms. The minimum Gasteiger partial charge on any atom is -0.483 e. The van der Waals surface area contributed by atoms with Gasteiger partial charge in [0.1, 0.15) is 11.8 Å². The van der Waals surface area contributed by atoms with Crippen LogP contribution >= 0.6 is 31.9 Å². The van der Waals surface area contributed by atoms with Gasteiger partial charge in [-0.25, -0.2) is 0 Å². The van der Waals surface area contributed by atoms with Crippen LogP contribution in [0.5, 0.6) is 5.75 Å². The monoisotopic (exact) mass is 586 g/mol. The second kappa shape index (κ2) is 11.4. The Balaban J connectivity index is 1.50. The number of carbonyl (C=O) groups excluding carboxylic acids is 2. The molecule has 1 N–H and O–H groups in total. The van der Waals surface area contributed by atoms with Gasteiger partial charge in [-0.2, -0.15) is 0 Å². The van der Waals surface area contributed by atoms with E-state index in [1.807, 2.05) is 60.7 Å². The van der Waals surface area contributed by atoms with Gasteiger partial charge in [-0.15, -0.1) is 0 Å². The highest BCUT2D eigenvalue weighted by atomic mass is 79.9. The van der Waals surface area contributed by atoms with E-state index in [0.29, 0.717) is 12.3 Å². The molecule has 0 saturated heterocycles. The zero-order chi connectivity index (χ0) is 24.1. The van der Waals surface area contributed by atoms with Gasteiger partial charge in [-0.05, 0) is 70.2 Å². The van der Waals surface area contributed by atoms with Gasteiger partial charge in [-0.1, -0.05) is 71.2 Å². The van der Waals surface area contributed by atoms with Crippen LogP contribution in [0, 0.1) is 0 Å². The number of nitrogens with zero attached hydrogens (tertiary/aromatic N) is 1. The van der Waals surface area contributed by atoms with Crippen LogP contribution in [0.4, 0.5) is 0 Å². The van der Waals surface area contributed by atoms with Crippen molar-refractivity contribution in [2.45, 2.75) is 51.2 Å². The molecule has 178 valence electrons. The average molecular weight is 588 g/mol. The SMILES string of the molecule is CC(C(=O)NC1CCCC1)N(Cc1cccc(Br)c1)C(=O)COc1ccc2ccccc2c1Br. The lowest BCUT2D eigenvalue weighted by molar-refractivity contribution is -0.142. The zero-order valence-electron chi connectivity index (χ0n) is 19.1. The van der Waals surface area contributed by atoms with E-state index in [1.54, 1.807) is 11.8 Å². The molecule has 1 atom stereocenters. The Hall–Kier alpha value is -2.38. The second-order valence-electron chi connectivity index (χ2n) is 8.70. The smallest absolute Gasteiger partial charge is 0.261 e. The standard InChI is InChI=1S/C27H28Br2N2O3/c1-18(27(33)30-22-10-3-4-11-22)31(16-19-7-6-9-21(28)15-19)25(32)17-34-24-14-13-20-8-2-5-12-23(20)26(24)29/h2,5-9,12-15,18,22H,3-4,10-11,16-17H2,1H3,(H,30,33). The van der Waals surface area contributed by atoms with E-state index < -0.39 is 6.04 Å². The predicted molar refractivity (Wildman–Crippen MR) is 142 cm³/mol.